The SMILES string of the molecule is O=S(=O)(c1ccc(Br)cc1)c1cccc(S(=O)(=O)c2ccc(Br)cc2)c1.O=S(=O)(c1ccc(N2c3ccccc3N(c3ccccc3)c3ccccc32)cc1)c1cccc(S(=O)(=O)c2ccc(N3c4ccccc4N(c4ccccc4)c4ccccc43)cc2)c1.c1ccc(N2c3ccccc3Cc3ccccc32)cc1. The summed E-state index contributed by atoms with van der Waals surface area (Å²) in [7, 11) is -15.9. The van der Waals surface area contributed by atoms with E-state index in [1.165, 1.54) is 101 Å². The Morgan fingerprint density at radius 1 is 0.182 bits per heavy atom. The second-order valence-corrected chi connectivity index (χ2v) is 35.6. The van der Waals surface area contributed by atoms with Crippen LogP contribution in [0.2, 0.25) is 0 Å². The summed E-state index contributed by atoms with van der Waals surface area (Å²) in [4.78, 5) is 11.0. The maximum Gasteiger partial charge on any atom is 0.206 e. The van der Waals surface area contributed by atoms with Crippen molar-refractivity contribution in [2.24, 2.45) is 0 Å². The first-order valence-electron chi connectivity index (χ1n) is 35.0. The van der Waals surface area contributed by atoms with E-state index in [1.54, 1.807) is 72.8 Å². The van der Waals surface area contributed by atoms with Crippen LogP contribution in [0.15, 0.2) is 430 Å². The first-order valence-corrected chi connectivity index (χ1v) is 42.5. The van der Waals surface area contributed by atoms with Crippen molar-refractivity contribution < 1.29 is 33.7 Å². The zero-order chi connectivity index (χ0) is 75.7. The van der Waals surface area contributed by atoms with Crippen molar-refractivity contribution in [1.29, 1.82) is 0 Å². The third-order valence-electron chi connectivity index (χ3n) is 19.3. The third kappa shape index (κ3) is 13.9. The number of fused-ring (bicyclic) bond motifs is 6. The summed E-state index contributed by atoms with van der Waals surface area (Å²) in [5.41, 5.74) is 17.8. The van der Waals surface area contributed by atoms with E-state index in [9.17, 15) is 33.7 Å². The van der Waals surface area contributed by atoms with E-state index in [2.05, 4.69) is 208 Å². The smallest absolute Gasteiger partial charge is 0.206 e. The van der Waals surface area contributed by atoms with Crippen molar-refractivity contribution in [1.82, 2.24) is 0 Å². The van der Waals surface area contributed by atoms with Gasteiger partial charge in [0.05, 0.1) is 84.7 Å². The lowest BCUT2D eigenvalue weighted by atomic mass is 9.95. The minimum Gasteiger partial charge on any atom is -0.310 e. The number of nitrogens with zero attached hydrogens (tertiary/aromatic N) is 5. The van der Waals surface area contributed by atoms with Gasteiger partial charge >= 0.3 is 0 Å². The highest BCUT2D eigenvalue weighted by atomic mass is 79.9. The van der Waals surface area contributed by atoms with Gasteiger partial charge in [0.25, 0.3) is 0 Å². The lowest BCUT2D eigenvalue weighted by molar-refractivity contribution is 0.590. The number of anilines is 15. The van der Waals surface area contributed by atoms with Crippen molar-refractivity contribution in [3.05, 3.63) is 402 Å². The molecule has 0 N–H and O–H groups in total. The molecule has 0 saturated carbocycles. The molecule has 0 bridgehead atoms. The molecule has 540 valence electrons. The van der Waals surface area contributed by atoms with Gasteiger partial charge in [-0.05, 0) is 242 Å². The maximum atomic E-state index is 14.2. The fourth-order valence-corrected chi connectivity index (χ4v) is 19.9. The van der Waals surface area contributed by atoms with Crippen LogP contribution in [0.25, 0.3) is 0 Å². The van der Waals surface area contributed by atoms with Crippen molar-refractivity contribution >= 4 is 157 Å². The van der Waals surface area contributed by atoms with Crippen molar-refractivity contribution in [2.75, 3.05) is 24.5 Å². The first-order chi connectivity index (χ1) is 53.4. The van der Waals surface area contributed by atoms with Crippen LogP contribution in [0.5, 0.6) is 0 Å². The largest absolute Gasteiger partial charge is 0.310 e. The van der Waals surface area contributed by atoms with Gasteiger partial charge in [0, 0.05) is 55.2 Å². The van der Waals surface area contributed by atoms with Crippen LogP contribution in [-0.4, -0.2) is 33.7 Å². The number of hydrogen-bond acceptors (Lipinski definition) is 13. The molecule has 15 aromatic rings. The van der Waals surface area contributed by atoms with Crippen LogP contribution in [0.4, 0.5) is 85.3 Å². The van der Waals surface area contributed by atoms with Crippen LogP contribution in [0.3, 0.4) is 0 Å². The van der Waals surface area contributed by atoms with E-state index >= 15 is 0 Å². The van der Waals surface area contributed by atoms with E-state index in [0.29, 0.717) is 0 Å². The van der Waals surface area contributed by atoms with Crippen LogP contribution in [0.1, 0.15) is 11.1 Å². The van der Waals surface area contributed by atoms with E-state index in [-0.39, 0.29) is 39.2 Å². The molecular formula is C91H65Br2N5O8S4. The molecule has 3 heterocycles. The maximum absolute atomic E-state index is 14.2. The molecule has 0 atom stereocenters. The summed E-state index contributed by atoms with van der Waals surface area (Å²) >= 11 is 6.52. The molecule has 0 amide bonds. The van der Waals surface area contributed by atoms with Crippen LogP contribution in [0, 0.1) is 0 Å². The molecule has 19 heteroatoms. The van der Waals surface area contributed by atoms with Gasteiger partial charge in [-0.15, -0.1) is 0 Å². The highest BCUT2D eigenvalue weighted by Crippen LogP contribution is 2.56. The quantitative estimate of drug-likeness (QED) is 0.108. The molecule has 15 aromatic carbocycles. The Morgan fingerprint density at radius 2 is 0.373 bits per heavy atom. The lowest BCUT2D eigenvalue weighted by Crippen LogP contribution is -2.23. The fourth-order valence-electron chi connectivity index (χ4n) is 14.0. The summed E-state index contributed by atoms with van der Waals surface area (Å²) in [5.74, 6) is 0. The molecule has 0 fully saturated rings. The molecule has 0 saturated heterocycles. The zero-order valence-corrected chi connectivity index (χ0v) is 64.9. The molecule has 0 radical (unpaired) electrons. The van der Waals surface area contributed by atoms with Gasteiger partial charge in [0.1, 0.15) is 0 Å². The van der Waals surface area contributed by atoms with Crippen molar-refractivity contribution in [3.8, 4) is 0 Å². The van der Waals surface area contributed by atoms with E-state index in [0.717, 1.165) is 83.6 Å². The highest BCUT2D eigenvalue weighted by molar-refractivity contribution is 9.10. The van der Waals surface area contributed by atoms with E-state index < -0.39 is 39.3 Å². The van der Waals surface area contributed by atoms with Gasteiger partial charge in [0.2, 0.25) is 39.3 Å². The van der Waals surface area contributed by atoms with Crippen LogP contribution < -0.4 is 24.5 Å². The average Bonchev–Trinajstić information content (AvgIpc) is 0.746. The minimum atomic E-state index is -4.12. The Bertz CT molecular complexity index is 5980. The molecule has 0 aliphatic carbocycles. The first kappa shape index (κ1) is 72.3. The Kier molecular flexibility index (Phi) is 19.9. The zero-order valence-electron chi connectivity index (χ0n) is 58.5. The van der Waals surface area contributed by atoms with Crippen molar-refractivity contribution in [2.45, 2.75) is 45.6 Å². The predicted molar refractivity (Wildman–Crippen MR) is 446 cm³/mol. The van der Waals surface area contributed by atoms with Crippen molar-refractivity contribution in [3.63, 3.8) is 0 Å². The number of rotatable bonds is 13. The topological polar surface area (TPSA) is 153 Å². The molecule has 3 aliphatic heterocycles. The molecule has 110 heavy (non-hydrogen) atoms. The summed E-state index contributed by atoms with van der Waals surface area (Å²) in [6.07, 6.45) is 1.01. The molecule has 18 rings (SSSR count). The number of benzene rings is 15. The van der Waals surface area contributed by atoms with Gasteiger partial charge in [-0.3, -0.25) is 0 Å². The number of para-hydroxylation sites is 13. The summed E-state index contributed by atoms with van der Waals surface area (Å²) < 4.78 is 110. The fraction of sp³-hybridized carbons (Fsp3) is 0.0110. The predicted octanol–water partition coefficient (Wildman–Crippen LogP) is 23.8. The molecule has 0 spiro atoms. The summed E-state index contributed by atoms with van der Waals surface area (Å²) in [5, 5.41) is 0. The van der Waals surface area contributed by atoms with Crippen LogP contribution >= 0.6 is 31.9 Å². The van der Waals surface area contributed by atoms with Gasteiger partial charge in [-0.1, -0.05) is 184 Å². The molecule has 13 nitrogen and oxygen atoms in total. The normalized spacial score (nSPS) is 12.8. The molecule has 3 aliphatic rings. The standard InChI is InChI=1S/C54H38N4O4S2.C19H15N.C18H12Br2O4S2/c59-63(60,43-34-30-41(31-35-43)57-51-26-11-7-22-47(51)55(39-16-3-1-4-17-39)48-23-8-12-27-52(48)57)45-20-15-21-46(38-45)64(61,62)44-36-32-42(33-37-44)58-53-28-13-9-24-49(53)56(40-18-5-2-6-19-40)50-25-10-14-29-54(50)58;1-2-10-17(11-3-1)20-18-12-6-4-8-15(18)14-16-9-5-7-13-19(16)20;19-13-4-8-15(9-5-13)25(21,22)17-2-1-3-18(12-17)26(23,24)16-10-6-14(20)7-11-16/h1-38H;1-13H,14H2;1-12H. The number of hydrogen-bond donors (Lipinski definition) is 0. The lowest BCUT2D eigenvalue weighted by Gasteiger charge is -2.40. The van der Waals surface area contributed by atoms with Gasteiger partial charge in [-0.2, -0.15) is 0 Å². The number of sulfone groups is 4. The van der Waals surface area contributed by atoms with Gasteiger partial charge in [-0.25, -0.2) is 33.7 Å². The summed E-state index contributed by atoms with van der Waals surface area (Å²) in [6, 6.07) is 118. The van der Waals surface area contributed by atoms with Gasteiger partial charge < -0.3 is 24.5 Å². The monoisotopic (exact) mass is 1640 g/mol. The molecular weight excluding hydrogens is 1580 g/mol. The van der Waals surface area contributed by atoms with Gasteiger partial charge in [0.15, 0.2) is 0 Å². The van der Waals surface area contributed by atoms with Crippen LogP contribution in [-0.2, 0) is 45.8 Å². The Balaban J connectivity index is 0.000000162. The second-order valence-electron chi connectivity index (χ2n) is 25.9. The Labute approximate surface area is 657 Å². The second kappa shape index (κ2) is 30.3. The Morgan fingerprint density at radius 3 is 0.618 bits per heavy atom. The summed E-state index contributed by atoms with van der Waals surface area (Å²) in [6.45, 7) is 0. The van der Waals surface area contributed by atoms with E-state index in [4.69, 9.17) is 0 Å². The Hall–Kier alpha value is -11.9. The molecule has 0 aromatic heterocycles. The highest BCUT2D eigenvalue weighted by Gasteiger charge is 2.34. The number of halogens is 2. The van der Waals surface area contributed by atoms with E-state index in [1.807, 2.05) is 84.9 Å². The minimum absolute atomic E-state index is 0.0487. The third-order valence-corrected chi connectivity index (χ3v) is 27.4. The molecule has 0 unspecified atom stereocenters. The average molecular weight is 1640 g/mol.